The molecule has 9 nitrogen and oxygen atoms in total. The molecule has 1 aliphatic rings. The number of sulfonamides is 1. The molecule has 0 saturated heterocycles. The van der Waals surface area contributed by atoms with E-state index in [0.717, 1.165) is 0 Å². The van der Waals surface area contributed by atoms with E-state index in [9.17, 15) is 22.8 Å². The van der Waals surface area contributed by atoms with Crippen molar-refractivity contribution < 1.29 is 32.3 Å². The predicted octanol–water partition coefficient (Wildman–Crippen LogP) is 2.42. The van der Waals surface area contributed by atoms with Crippen LogP contribution in [-0.4, -0.2) is 49.6 Å². The van der Waals surface area contributed by atoms with Crippen LogP contribution >= 0.6 is 0 Å². The molecule has 0 radical (unpaired) electrons. The number of carbonyl (C=O) groups is 3. The van der Waals surface area contributed by atoms with E-state index in [1.165, 1.54) is 18.2 Å². The molecule has 1 aliphatic heterocycles. The van der Waals surface area contributed by atoms with Crippen LogP contribution in [0.5, 0.6) is 0 Å². The van der Waals surface area contributed by atoms with Crippen molar-refractivity contribution in [3.63, 3.8) is 0 Å². The van der Waals surface area contributed by atoms with Crippen molar-refractivity contribution in [3.8, 4) is 0 Å². The Bertz CT molecular complexity index is 875. The second-order valence-electron chi connectivity index (χ2n) is 7.54. The third kappa shape index (κ3) is 6.18. The molecule has 2 rings (SSSR count). The number of alkyl carbamates (subject to hydrolysis) is 1. The molecule has 0 fully saturated rings. The van der Waals surface area contributed by atoms with Crippen molar-refractivity contribution in [1.29, 1.82) is 0 Å². The van der Waals surface area contributed by atoms with E-state index in [0.29, 0.717) is 30.1 Å². The SMILES string of the molecule is CC(C)(C)OC(=O)NCCCCCC(=O)OCN1C(=O)c2ccccc2S1(=O)=O. The molecule has 2 amide bonds. The van der Waals surface area contributed by atoms with Crippen molar-refractivity contribution >= 4 is 28.0 Å². The third-order valence-electron chi connectivity index (χ3n) is 3.98. The van der Waals surface area contributed by atoms with Crippen LogP contribution in [0.1, 0.15) is 56.8 Å². The van der Waals surface area contributed by atoms with Crippen molar-refractivity contribution in [1.82, 2.24) is 9.62 Å². The summed E-state index contributed by atoms with van der Waals surface area (Å²) in [6, 6.07) is 5.86. The average molecular weight is 426 g/mol. The minimum Gasteiger partial charge on any atom is -0.444 e. The van der Waals surface area contributed by atoms with Gasteiger partial charge in [0, 0.05) is 13.0 Å². The fourth-order valence-corrected chi connectivity index (χ4v) is 4.07. The molecule has 0 atom stereocenters. The summed E-state index contributed by atoms with van der Waals surface area (Å²) in [7, 11) is -3.99. The number of benzene rings is 1. The lowest BCUT2D eigenvalue weighted by Gasteiger charge is -2.19. The minimum absolute atomic E-state index is 0.0704. The molecule has 0 aliphatic carbocycles. The van der Waals surface area contributed by atoms with E-state index in [1.54, 1.807) is 26.8 Å². The molecular formula is C19H26N2O7S. The maximum Gasteiger partial charge on any atom is 0.407 e. The molecule has 0 unspecified atom stereocenters. The Kier molecular flexibility index (Phi) is 7.23. The molecular weight excluding hydrogens is 400 g/mol. The first-order chi connectivity index (χ1) is 13.5. The molecule has 0 spiro atoms. The lowest BCUT2D eigenvalue weighted by molar-refractivity contribution is -0.145. The maximum atomic E-state index is 12.4. The Morgan fingerprint density at radius 1 is 1.10 bits per heavy atom. The predicted molar refractivity (Wildman–Crippen MR) is 103 cm³/mol. The van der Waals surface area contributed by atoms with Crippen LogP contribution in [0.15, 0.2) is 29.2 Å². The summed E-state index contributed by atoms with van der Waals surface area (Å²) in [5.41, 5.74) is -0.486. The Morgan fingerprint density at radius 2 is 1.79 bits per heavy atom. The van der Waals surface area contributed by atoms with Crippen LogP contribution in [0.25, 0.3) is 0 Å². The highest BCUT2D eigenvalue weighted by Gasteiger charge is 2.41. The topological polar surface area (TPSA) is 119 Å². The number of esters is 1. The van der Waals surface area contributed by atoms with Gasteiger partial charge >= 0.3 is 12.1 Å². The summed E-state index contributed by atoms with van der Waals surface area (Å²) >= 11 is 0. The Labute approximate surface area is 170 Å². The number of fused-ring (bicyclic) bond motifs is 1. The van der Waals surface area contributed by atoms with Gasteiger partial charge in [-0.1, -0.05) is 18.6 Å². The number of nitrogens with zero attached hydrogens (tertiary/aromatic N) is 1. The largest absolute Gasteiger partial charge is 0.444 e. The number of rotatable bonds is 8. The number of unbranched alkanes of at least 4 members (excludes halogenated alkanes) is 2. The molecule has 1 N–H and O–H groups in total. The van der Waals surface area contributed by atoms with E-state index >= 15 is 0 Å². The number of carbonyl (C=O) groups excluding carboxylic acids is 3. The molecule has 29 heavy (non-hydrogen) atoms. The van der Waals surface area contributed by atoms with Gasteiger partial charge in [0.2, 0.25) is 0 Å². The van der Waals surface area contributed by atoms with Gasteiger partial charge in [0.15, 0.2) is 6.73 Å². The zero-order valence-electron chi connectivity index (χ0n) is 16.8. The van der Waals surface area contributed by atoms with Crippen LogP contribution in [0.3, 0.4) is 0 Å². The van der Waals surface area contributed by atoms with E-state index in [1.807, 2.05) is 0 Å². The van der Waals surface area contributed by atoms with E-state index in [-0.39, 0.29) is 16.9 Å². The van der Waals surface area contributed by atoms with Crippen LogP contribution in [0.4, 0.5) is 4.79 Å². The van der Waals surface area contributed by atoms with Gasteiger partial charge in [0.25, 0.3) is 15.9 Å². The van der Waals surface area contributed by atoms with Crippen molar-refractivity contribution in [2.24, 2.45) is 0 Å². The normalized spacial score (nSPS) is 15.0. The first-order valence-corrected chi connectivity index (χ1v) is 10.7. The molecule has 1 aromatic rings. The van der Waals surface area contributed by atoms with Gasteiger partial charge in [0.05, 0.1) is 5.56 Å². The number of ether oxygens (including phenoxy) is 2. The number of nitrogens with one attached hydrogen (secondary N) is 1. The van der Waals surface area contributed by atoms with E-state index < -0.39 is 40.3 Å². The van der Waals surface area contributed by atoms with Gasteiger partial charge in [-0.05, 0) is 45.7 Å². The summed E-state index contributed by atoms with van der Waals surface area (Å²) in [5, 5.41) is 2.62. The highest BCUT2D eigenvalue weighted by Crippen LogP contribution is 2.29. The summed E-state index contributed by atoms with van der Waals surface area (Å²) in [6.45, 7) is 5.10. The van der Waals surface area contributed by atoms with Crippen molar-refractivity contribution in [2.75, 3.05) is 13.3 Å². The summed E-state index contributed by atoms with van der Waals surface area (Å²) < 4.78 is 35.3. The number of hydrogen-bond donors (Lipinski definition) is 1. The van der Waals surface area contributed by atoms with Gasteiger partial charge in [-0.3, -0.25) is 9.59 Å². The van der Waals surface area contributed by atoms with Gasteiger partial charge in [-0.2, -0.15) is 4.31 Å². The molecule has 1 aromatic carbocycles. The highest BCUT2D eigenvalue weighted by molar-refractivity contribution is 7.90. The smallest absolute Gasteiger partial charge is 0.407 e. The number of hydrogen-bond acceptors (Lipinski definition) is 7. The molecule has 10 heteroatoms. The second kappa shape index (κ2) is 9.25. The number of amides is 2. The highest BCUT2D eigenvalue weighted by atomic mass is 32.2. The Morgan fingerprint density at radius 3 is 2.45 bits per heavy atom. The van der Waals surface area contributed by atoms with Gasteiger partial charge < -0.3 is 14.8 Å². The van der Waals surface area contributed by atoms with E-state index in [4.69, 9.17) is 9.47 Å². The molecule has 1 heterocycles. The van der Waals surface area contributed by atoms with Gasteiger partial charge in [-0.15, -0.1) is 0 Å². The second-order valence-corrected chi connectivity index (χ2v) is 9.37. The zero-order chi connectivity index (χ0) is 21.7. The Hall–Kier alpha value is -2.62. The van der Waals surface area contributed by atoms with Gasteiger partial charge in [0.1, 0.15) is 10.5 Å². The lowest BCUT2D eigenvalue weighted by Crippen LogP contribution is -2.33. The summed E-state index contributed by atoms with van der Waals surface area (Å²) in [6.07, 6.45) is 1.42. The zero-order valence-corrected chi connectivity index (χ0v) is 17.6. The lowest BCUT2D eigenvalue weighted by atomic mass is 10.2. The Balaban J connectivity index is 1.66. The van der Waals surface area contributed by atoms with Gasteiger partial charge in [-0.25, -0.2) is 13.2 Å². The minimum atomic E-state index is -3.99. The first kappa shape index (κ1) is 22.7. The van der Waals surface area contributed by atoms with E-state index in [2.05, 4.69) is 5.32 Å². The maximum absolute atomic E-state index is 12.4. The summed E-state index contributed by atoms with van der Waals surface area (Å²) in [4.78, 5) is 35.5. The first-order valence-electron chi connectivity index (χ1n) is 9.31. The fraction of sp³-hybridized carbons (Fsp3) is 0.526. The molecule has 0 bridgehead atoms. The quantitative estimate of drug-likeness (QED) is 0.501. The molecule has 0 saturated carbocycles. The van der Waals surface area contributed by atoms with Crippen LogP contribution in [0, 0.1) is 0 Å². The monoisotopic (exact) mass is 426 g/mol. The third-order valence-corrected chi connectivity index (χ3v) is 5.74. The molecule has 0 aromatic heterocycles. The van der Waals surface area contributed by atoms with Crippen LogP contribution in [0.2, 0.25) is 0 Å². The van der Waals surface area contributed by atoms with Crippen LogP contribution in [-0.2, 0) is 24.3 Å². The fourth-order valence-electron chi connectivity index (χ4n) is 2.64. The standard InChI is InChI=1S/C19H26N2O7S/c1-19(2,3)28-18(24)20-12-8-4-5-11-16(22)27-13-21-17(23)14-9-6-7-10-15(14)29(21,25)26/h6-7,9-10H,4-5,8,11-13H2,1-3H3,(H,20,24). The van der Waals surface area contributed by atoms with Crippen molar-refractivity contribution in [2.45, 2.75) is 57.0 Å². The van der Waals surface area contributed by atoms with Crippen LogP contribution < -0.4 is 5.32 Å². The van der Waals surface area contributed by atoms with Crippen molar-refractivity contribution in [3.05, 3.63) is 29.8 Å². The molecule has 160 valence electrons. The average Bonchev–Trinajstić information content (AvgIpc) is 2.81. The summed E-state index contributed by atoms with van der Waals surface area (Å²) in [5.74, 6) is -1.30.